The van der Waals surface area contributed by atoms with Crippen molar-refractivity contribution in [3.8, 4) is 0 Å². The number of fused-ring (bicyclic) bond motifs is 1. The van der Waals surface area contributed by atoms with Crippen LogP contribution in [0.15, 0.2) is 41.9 Å². The predicted molar refractivity (Wildman–Crippen MR) is 65.4 cm³/mol. The normalized spacial score (nSPS) is 11.7. The van der Waals surface area contributed by atoms with E-state index in [1.807, 2.05) is 0 Å². The molecule has 0 aliphatic rings. The van der Waals surface area contributed by atoms with Crippen molar-refractivity contribution in [3.63, 3.8) is 0 Å². The van der Waals surface area contributed by atoms with E-state index in [1.165, 1.54) is 6.20 Å². The molecule has 1 heterocycles. The zero-order valence-electron chi connectivity index (χ0n) is 9.04. The zero-order chi connectivity index (χ0) is 13.3. The third-order valence-electron chi connectivity index (χ3n) is 2.33. The van der Waals surface area contributed by atoms with Gasteiger partial charge in [0.25, 0.3) is 0 Å². The van der Waals surface area contributed by atoms with Crippen LogP contribution in [0.2, 0.25) is 0 Å². The van der Waals surface area contributed by atoms with Gasteiger partial charge in [-0.15, -0.1) is 0 Å². The lowest BCUT2D eigenvalue weighted by Crippen LogP contribution is -2.06. The quantitative estimate of drug-likeness (QED) is 0.673. The number of para-hydroxylation sites is 1. The monoisotopic (exact) mass is 271 g/mol. The lowest BCUT2D eigenvalue weighted by Gasteiger charge is -2.06. The van der Waals surface area contributed by atoms with E-state index in [2.05, 4.69) is 11.6 Å². The molecule has 0 saturated carbocycles. The minimum atomic E-state index is -4.50. The zero-order valence-corrected chi connectivity index (χ0v) is 9.86. The van der Waals surface area contributed by atoms with Crippen molar-refractivity contribution < 1.29 is 18.0 Å². The number of aromatic amines is 1. The standard InChI is InChI=1S/C12H8F3NOS/c1-7(18-12(13,14)15)11(17)9-6-16-10-5-3-2-4-8(9)10/h2-6,16H,1H2. The van der Waals surface area contributed by atoms with Crippen LogP contribution in [-0.2, 0) is 0 Å². The number of carbonyl (C=O) groups excluding carboxylic acids is 1. The summed E-state index contributed by atoms with van der Waals surface area (Å²) in [7, 11) is 0. The molecule has 0 radical (unpaired) electrons. The number of thioether (sulfide) groups is 1. The second-order valence-electron chi connectivity index (χ2n) is 3.55. The molecule has 0 bridgehead atoms. The summed E-state index contributed by atoms with van der Waals surface area (Å²) in [4.78, 5) is 14.2. The summed E-state index contributed by atoms with van der Waals surface area (Å²) in [6.07, 6.45) is 1.40. The van der Waals surface area contributed by atoms with Gasteiger partial charge in [-0.05, 0) is 17.8 Å². The van der Waals surface area contributed by atoms with Crippen LogP contribution in [0.25, 0.3) is 10.9 Å². The molecule has 0 fully saturated rings. The highest BCUT2D eigenvalue weighted by Crippen LogP contribution is 2.37. The molecular weight excluding hydrogens is 263 g/mol. The Balaban J connectivity index is 2.32. The van der Waals surface area contributed by atoms with Gasteiger partial charge in [0.15, 0.2) is 0 Å². The Morgan fingerprint density at radius 3 is 2.61 bits per heavy atom. The highest BCUT2D eigenvalue weighted by Gasteiger charge is 2.32. The summed E-state index contributed by atoms with van der Waals surface area (Å²) in [5, 5.41) is 0.589. The number of carbonyl (C=O) groups is 1. The number of allylic oxidation sites excluding steroid dienone is 1. The molecule has 2 nitrogen and oxygen atoms in total. The molecule has 0 unspecified atom stereocenters. The minimum absolute atomic E-state index is 0.201. The Labute approximate surface area is 105 Å². The lowest BCUT2D eigenvalue weighted by atomic mass is 10.1. The third kappa shape index (κ3) is 2.59. The number of Topliss-reactive ketones (excluding diaryl/α,β-unsaturated/α-hetero) is 1. The topological polar surface area (TPSA) is 32.9 Å². The Kier molecular flexibility index (Phi) is 3.21. The number of alkyl halides is 3. The molecule has 1 aromatic carbocycles. The minimum Gasteiger partial charge on any atom is -0.360 e. The summed E-state index contributed by atoms with van der Waals surface area (Å²) in [5.74, 6) is -0.713. The van der Waals surface area contributed by atoms with Gasteiger partial charge in [-0.3, -0.25) is 4.79 Å². The summed E-state index contributed by atoms with van der Waals surface area (Å²) in [5.41, 5.74) is -3.60. The number of ketones is 1. The van der Waals surface area contributed by atoms with E-state index in [1.54, 1.807) is 24.3 Å². The molecule has 1 aromatic heterocycles. The molecule has 2 rings (SSSR count). The Bertz CT molecular complexity index is 615. The van der Waals surface area contributed by atoms with Crippen molar-refractivity contribution in [1.29, 1.82) is 0 Å². The lowest BCUT2D eigenvalue weighted by molar-refractivity contribution is -0.0322. The van der Waals surface area contributed by atoms with E-state index in [0.717, 1.165) is 0 Å². The predicted octanol–water partition coefficient (Wildman–Crippen LogP) is 4.12. The SMILES string of the molecule is C=C(SC(F)(F)F)C(=O)c1c[nH]c2ccccc12. The second kappa shape index (κ2) is 4.53. The fourth-order valence-electron chi connectivity index (χ4n) is 1.60. The summed E-state index contributed by atoms with van der Waals surface area (Å²) in [6.45, 7) is 3.18. The second-order valence-corrected chi connectivity index (χ2v) is 4.71. The molecule has 2 aromatic rings. The van der Waals surface area contributed by atoms with Crippen LogP contribution in [0.5, 0.6) is 0 Å². The van der Waals surface area contributed by atoms with E-state index in [9.17, 15) is 18.0 Å². The third-order valence-corrected chi connectivity index (χ3v) is 2.99. The summed E-state index contributed by atoms with van der Waals surface area (Å²) in [6, 6.07) is 6.90. The van der Waals surface area contributed by atoms with Gasteiger partial charge >= 0.3 is 5.51 Å². The number of hydrogen-bond donors (Lipinski definition) is 1. The molecule has 6 heteroatoms. The van der Waals surface area contributed by atoms with Gasteiger partial charge < -0.3 is 4.98 Å². The van der Waals surface area contributed by atoms with E-state index in [4.69, 9.17) is 0 Å². The van der Waals surface area contributed by atoms with Crippen LogP contribution in [0.3, 0.4) is 0 Å². The maximum Gasteiger partial charge on any atom is 0.446 e. The molecule has 0 spiro atoms. The fraction of sp³-hybridized carbons (Fsp3) is 0.0833. The van der Waals surface area contributed by atoms with Crippen molar-refractivity contribution in [2.45, 2.75) is 5.51 Å². The van der Waals surface area contributed by atoms with Crippen LogP contribution >= 0.6 is 11.8 Å². The first-order valence-corrected chi connectivity index (χ1v) is 5.75. The van der Waals surface area contributed by atoms with Crippen molar-refractivity contribution in [3.05, 3.63) is 47.5 Å². The molecule has 0 saturated heterocycles. The van der Waals surface area contributed by atoms with Crippen LogP contribution in [0, 0.1) is 0 Å². The van der Waals surface area contributed by atoms with E-state index < -0.39 is 28.0 Å². The van der Waals surface area contributed by atoms with Crippen molar-refractivity contribution in [1.82, 2.24) is 4.98 Å². The number of rotatable bonds is 3. The van der Waals surface area contributed by atoms with E-state index >= 15 is 0 Å². The molecular formula is C12H8F3NOS. The number of halogens is 3. The van der Waals surface area contributed by atoms with Crippen LogP contribution in [0.4, 0.5) is 13.2 Å². The van der Waals surface area contributed by atoms with Crippen LogP contribution < -0.4 is 0 Å². The highest BCUT2D eigenvalue weighted by atomic mass is 32.2. The van der Waals surface area contributed by atoms with Gasteiger partial charge in [0.1, 0.15) is 0 Å². The Morgan fingerprint density at radius 1 is 1.28 bits per heavy atom. The molecule has 1 N–H and O–H groups in total. The molecule has 0 atom stereocenters. The Hall–Kier alpha value is -1.69. The van der Waals surface area contributed by atoms with Gasteiger partial charge in [-0.1, -0.05) is 24.8 Å². The van der Waals surface area contributed by atoms with Gasteiger partial charge in [0, 0.05) is 22.7 Å². The van der Waals surface area contributed by atoms with Crippen molar-refractivity contribution in [2.24, 2.45) is 0 Å². The average molecular weight is 271 g/mol. The first-order chi connectivity index (χ1) is 8.38. The molecule has 18 heavy (non-hydrogen) atoms. The van der Waals surface area contributed by atoms with Gasteiger partial charge in [0.05, 0.1) is 4.91 Å². The maximum absolute atomic E-state index is 12.2. The smallest absolute Gasteiger partial charge is 0.360 e. The fourth-order valence-corrected chi connectivity index (χ4v) is 2.08. The molecule has 94 valence electrons. The number of H-pyrrole nitrogens is 1. The summed E-state index contributed by atoms with van der Waals surface area (Å²) >= 11 is -0.486. The Morgan fingerprint density at radius 2 is 1.94 bits per heavy atom. The highest BCUT2D eigenvalue weighted by molar-refractivity contribution is 8.04. The average Bonchev–Trinajstić information content (AvgIpc) is 2.69. The van der Waals surface area contributed by atoms with Crippen LogP contribution in [0.1, 0.15) is 10.4 Å². The molecule has 0 aliphatic heterocycles. The van der Waals surface area contributed by atoms with Crippen molar-refractivity contribution >= 4 is 28.4 Å². The molecule has 0 aliphatic carbocycles. The van der Waals surface area contributed by atoms with Crippen LogP contribution in [-0.4, -0.2) is 16.3 Å². The summed E-state index contributed by atoms with van der Waals surface area (Å²) < 4.78 is 36.5. The van der Waals surface area contributed by atoms with Crippen molar-refractivity contribution in [2.75, 3.05) is 0 Å². The van der Waals surface area contributed by atoms with Gasteiger partial charge in [-0.2, -0.15) is 13.2 Å². The van der Waals surface area contributed by atoms with Gasteiger partial charge in [-0.25, -0.2) is 0 Å². The van der Waals surface area contributed by atoms with Gasteiger partial charge in [0.2, 0.25) is 5.78 Å². The number of aromatic nitrogens is 1. The largest absolute Gasteiger partial charge is 0.446 e. The maximum atomic E-state index is 12.2. The first-order valence-electron chi connectivity index (χ1n) is 4.94. The first kappa shape index (κ1) is 12.8. The van der Waals surface area contributed by atoms with E-state index in [0.29, 0.717) is 10.9 Å². The number of hydrogen-bond acceptors (Lipinski definition) is 2. The number of nitrogens with one attached hydrogen (secondary N) is 1. The van der Waals surface area contributed by atoms with E-state index in [-0.39, 0.29) is 5.56 Å². The molecule has 0 amide bonds. The number of benzene rings is 1.